The molecule has 1 aromatic carbocycles. The minimum Gasteiger partial charge on any atom is -0.366 e. The summed E-state index contributed by atoms with van der Waals surface area (Å²) >= 11 is 0. The van der Waals surface area contributed by atoms with E-state index in [1.165, 1.54) is 13.3 Å². The van der Waals surface area contributed by atoms with Gasteiger partial charge in [-0.25, -0.2) is 9.97 Å². The number of carbonyl (C=O) groups is 2. The van der Waals surface area contributed by atoms with Crippen LogP contribution in [-0.4, -0.2) is 26.8 Å². The summed E-state index contributed by atoms with van der Waals surface area (Å²) in [4.78, 5) is 35.7. The molecule has 0 unspecified atom stereocenters. The van der Waals surface area contributed by atoms with Crippen molar-refractivity contribution in [3.63, 3.8) is 0 Å². The summed E-state index contributed by atoms with van der Waals surface area (Å²) in [5.74, 6) is -0.0116. The van der Waals surface area contributed by atoms with Crippen LogP contribution >= 0.6 is 0 Å². The third-order valence-corrected chi connectivity index (χ3v) is 3.56. The summed E-state index contributed by atoms with van der Waals surface area (Å²) in [5, 5.41) is 8.57. The number of rotatable bonds is 6. The average Bonchev–Trinajstić information content (AvgIpc) is 2.67. The molecule has 0 saturated heterocycles. The van der Waals surface area contributed by atoms with Crippen molar-refractivity contribution in [2.24, 2.45) is 0 Å². The summed E-state index contributed by atoms with van der Waals surface area (Å²) in [6.07, 6.45) is 4.76. The van der Waals surface area contributed by atoms with Gasteiger partial charge < -0.3 is 16.0 Å². The lowest BCUT2D eigenvalue weighted by Gasteiger charge is -2.09. The van der Waals surface area contributed by atoms with Gasteiger partial charge in [0.2, 0.25) is 5.91 Å². The Morgan fingerprint density at radius 2 is 1.70 bits per heavy atom. The molecule has 8 heteroatoms. The zero-order valence-electron chi connectivity index (χ0n) is 14.6. The van der Waals surface area contributed by atoms with E-state index in [2.05, 4.69) is 30.9 Å². The number of benzene rings is 1. The Labute approximate surface area is 156 Å². The number of nitrogens with zero attached hydrogens (tertiary/aromatic N) is 3. The minimum absolute atomic E-state index is 0.181. The third-order valence-electron chi connectivity index (χ3n) is 3.56. The molecule has 3 aromatic rings. The second-order valence-corrected chi connectivity index (χ2v) is 5.71. The average molecular weight is 362 g/mol. The maximum absolute atomic E-state index is 12.4. The highest BCUT2D eigenvalue weighted by molar-refractivity contribution is 6.03. The Bertz CT molecular complexity index is 946. The molecule has 0 radical (unpaired) electrons. The molecule has 3 N–H and O–H groups in total. The summed E-state index contributed by atoms with van der Waals surface area (Å²) < 4.78 is 0. The lowest BCUT2D eigenvalue weighted by Crippen LogP contribution is -2.15. The van der Waals surface area contributed by atoms with Gasteiger partial charge in [-0.3, -0.25) is 14.6 Å². The van der Waals surface area contributed by atoms with E-state index >= 15 is 0 Å². The lowest BCUT2D eigenvalue weighted by atomic mass is 10.2. The van der Waals surface area contributed by atoms with Gasteiger partial charge in [0.05, 0.1) is 0 Å². The highest BCUT2D eigenvalue weighted by Gasteiger charge is 2.10. The van der Waals surface area contributed by atoms with E-state index in [-0.39, 0.29) is 17.5 Å². The first-order valence-electron chi connectivity index (χ1n) is 8.24. The maximum Gasteiger partial charge on any atom is 0.274 e. The molecule has 0 fully saturated rings. The predicted octanol–water partition coefficient (Wildman–Crippen LogP) is 2.69. The van der Waals surface area contributed by atoms with Crippen LogP contribution in [0, 0.1) is 0 Å². The van der Waals surface area contributed by atoms with Gasteiger partial charge in [-0.2, -0.15) is 0 Å². The molecular weight excluding hydrogens is 344 g/mol. The summed E-state index contributed by atoms with van der Waals surface area (Å²) in [6, 6.07) is 12.2. The van der Waals surface area contributed by atoms with E-state index < -0.39 is 0 Å². The number of pyridine rings is 1. The van der Waals surface area contributed by atoms with Gasteiger partial charge in [0.15, 0.2) is 0 Å². The van der Waals surface area contributed by atoms with Crippen LogP contribution < -0.4 is 16.0 Å². The smallest absolute Gasteiger partial charge is 0.274 e. The summed E-state index contributed by atoms with van der Waals surface area (Å²) in [6.45, 7) is 1.98. The van der Waals surface area contributed by atoms with Crippen LogP contribution in [0.3, 0.4) is 0 Å². The zero-order chi connectivity index (χ0) is 19.1. The standard InChI is InChI=1S/C19H18N6O2/c1-13(26)24-15-3-2-4-16(9-15)25-19(27)17-10-18(23-12-22-17)21-11-14-5-7-20-8-6-14/h2-10,12H,11H2,1H3,(H,24,26)(H,25,27)(H,21,22,23). The van der Waals surface area contributed by atoms with Crippen molar-refractivity contribution in [2.45, 2.75) is 13.5 Å². The van der Waals surface area contributed by atoms with Crippen molar-refractivity contribution >= 4 is 29.0 Å². The highest BCUT2D eigenvalue weighted by Crippen LogP contribution is 2.16. The Morgan fingerprint density at radius 3 is 2.44 bits per heavy atom. The van der Waals surface area contributed by atoms with Gasteiger partial charge in [-0.1, -0.05) is 6.07 Å². The molecule has 0 bridgehead atoms. The van der Waals surface area contributed by atoms with Crippen LogP contribution in [0.25, 0.3) is 0 Å². The largest absolute Gasteiger partial charge is 0.366 e. The van der Waals surface area contributed by atoms with E-state index in [9.17, 15) is 9.59 Å². The molecule has 0 aliphatic rings. The fourth-order valence-corrected chi connectivity index (χ4v) is 2.34. The van der Waals surface area contributed by atoms with Crippen LogP contribution in [0.5, 0.6) is 0 Å². The van der Waals surface area contributed by atoms with Crippen LogP contribution in [0.4, 0.5) is 17.2 Å². The van der Waals surface area contributed by atoms with E-state index in [1.807, 2.05) is 12.1 Å². The van der Waals surface area contributed by atoms with Crippen molar-refractivity contribution in [3.05, 3.63) is 72.4 Å². The molecule has 2 aromatic heterocycles. The van der Waals surface area contributed by atoms with Gasteiger partial charge in [0, 0.05) is 43.3 Å². The molecule has 3 rings (SSSR count). The quantitative estimate of drug-likeness (QED) is 0.622. The first-order valence-corrected chi connectivity index (χ1v) is 8.24. The van der Waals surface area contributed by atoms with E-state index in [1.54, 1.807) is 42.7 Å². The second-order valence-electron chi connectivity index (χ2n) is 5.71. The Balaban J connectivity index is 1.65. The highest BCUT2D eigenvalue weighted by atomic mass is 16.2. The molecule has 27 heavy (non-hydrogen) atoms. The molecule has 8 nitrogen and oxygen atoms in total. The van der Waals surface area contributed by atoms with E-state index in [0.29, 0.717) is 23.7 Å². The fourth-order valence-electron chi connectivity index (χ4n) is 2.34. The Kier molecular flexibility index (Phi) is 5.68. The number of nitrogens with one attached hydrogen (secondary N) is 3. The normalized spacial score (nSPS) is 10.1. The van der Waals surface area contributed by atoms with Crippen molar-refractivity contribution < 1.29 is 9.59 Å². The summed E-state index contributed by atoms with van der Waals surface area (Å²) in [7, 11) is 0. The van der Waals surface area contributed by atoms with Crippen molar-refractivity contribution in [3.8, 4) is 0 Å². The van der Waals surface area contributed by atoms with E-state index in [0.717, 1.165) is 5.56 Å². The SMILES string of the molecule is CC(=O)Nc1cccc(NC(=O)c2cc(NCc3ccncc3)ncn2)c1. The molecule has 0 aliphatic heterocycles. The van der Waals surface area contributed by atoms with Crippen molar-refractivity contribution in [1.82, 2.24) is 15.0 Å². The Hall–Kier alpha value is -3.81. The predicted molar refractivity (Wildman–Crippen MR) is 102 cm³/mol. The van der Waals surface area contributed by atoms with Crippen LogP contribution in [0.1, 0.15) is 23.0 Å². The molecule has 2 amide bonds. The third kappa shape index (κ3) is 5.33. The Morgan fingerprint density at radius 1 is 0.963 bits per heavy atom. The molecule has 136 valence electrons. The number of hydrogen-bond donors (Lipinski definition) is 3. The van der Waals surface area contributed by atoms with Crippen molar-refractivity contribution in [1.29, 1.82) is 0 Å². The molecular formula is C19H18N6O2. The van der Waals surface area contributed by atoms with E-state index in [4.69, 9.17) is 0 Å². The zero-order valence-corrected chi connectivity index (χ0v) is 14.6. The number of anilines is 3. The lowest BCUT2D eigenvalue weighted by molar-refractivity contribution is -0.114. The van der Waals surface area contributed by atoms with Gasteiger partial charge in [-0.05, 0) is 35.9 Å². The number of carbonyl (C=O) groups excluding carboxylic acids is 2. The molecule has 0 aliphatic carbocycles. The monoisotopic (exact) mass is 362 g/mol. The van der Waals surface area contributed by atoms with Gasteiger partial charge in [0.25, 0.3) is 5.91 Å². The number of aromatic nitrogens is 3. The van der Waals surface area contributed by atoms with Crippen LogP contribution in [0.15, 0.2) is 61.2 Å². The summed E-state index contributed by atoms with van der Waals surface area (Å²) in [5.41, 5.74) is 2.43. The minimum atomic E-state index is -0.371. The van der Waals surface area contributed by atoms with Crippen LogP contribution in [0.2, 0.25) is 0 Å². The second kappa shape index (κ2) is 8.52. The van der Waals surface area contributed by atoms with Gasteiger partial charge >= 0.3 is 0 Å². The van der Waals surface area contributed by atoms with Gasteiger partial charge in [-0.15, -0.1) is 0 Å². The van der Waals surface area contributed by atoms with Gasteiger partial charge in [0.1, 0.15) is 17.8 Å². The van der Waals surface area contributed by atoms with Crippen LogP contribution in [-0.2, 0) is 11.3 Å². The number of amides is 2. The first kappa shape index (κ1) is 18.0. The fraction of sp³-hybridized carbons (Fsp3) is 0.105. The topological polar surface area (TPSA) is 109 Å². The molecule has 0 spiro atoms. The maximum atomic E-state index is 12.4. The molecule has 0 saturated carbocycles. The molecule has 2 heterocycles. The first-order chi connectivity index (χ1) is 13.1. The molecule has 0 atom stereocenters. The van der Waals surface area contributed by atoms with Crippen molar-refractivity contribution in [2.75, 3.05) is 16.0 Å². The number of hydrogen-bond acceptors (Lipinski definition) is 6.